The van der Waals surface area contributed by atoms with Crippen LogP contribution in [0.1, 0.15) is 12.5 Å². The van der Waals surface area contributed by atoms with Gasteiger partial charge in [-0.2, -0.15) is 8.78 Å². The summed E-state index contributed by atoms with van der Waals surface area (Å²) < 4.78 is 34.5. The van der Waals surface area contributed by atoms with Crippen LogP contribution in [0.5, 0.6) is 11.5 Å². The number of hydrogen-bond donors (Lipinski definition) is 1. The molecule has 2 aromatic rings. The zero-order chi connectivity index (χ0) is 19.3. The minimum absolute atomic E-state index is 0.0339. The minimum Gasteiger partial charge on any atom is -0.474 e. The second-order valence-corrected chi connectivity index (χ2v) is 5.35. The smallest absolute Gasteiger partial charge is 0.387 e. The van der Waals surface area contributed by atoms with Gasteiger partial charge in [0.1, 0.15) is 5.75 Å². The first-order valence-electron chi connectivity index (χ1n) is 7.54. The van der Waals surface area contributed by atoms with Crippen molar-refractivity contribution < 1.29 is 28.0 Å². The van der Waals surface area contributed by atoms with E-state index in [1.165, 1.54) is 43.3 Å². The third-order valence-corrected chi connectivity index (χ3v) is 3.35. The molecule has 1 atom stereocenters. The van der Waals surface area contributed by atoms with E-state index in [-0.39, 0.29) is 22.9 Å². The summed E-state index contributed by atoms with van der Waals surface area (Å²) in [6, 6.07) is 10.00. The molecular formula is C17H16F2N2O5. The lowest BCUT2D eigenvalue weighted by molar-refractivity contribution is -0.386. The lowest BCUT2D eigenvalue weighted by Gasteiger charge is -2.16. The molecule has 0 saturated heterocycles. The third kappa shape index (κ3) is 4.88. The predicted molar refractivity (Wildman–Crippen MR) is 89.6 cm³/mol. The number of carbonyl (C=O) groups is 1. The number of nitro groups is 1. The topological polar surface area (TPSA) is 90.7 Å². The Morgan fingerprint density at radius 1 is 1.15 bits per heavy atom. The van der Waals surface area contributed by atoms with Gasteiger partial charge in [-0.15, -0.1) is 0 Å². The van der Waals surface area contributed by atoms with Crippen LogP contribution < -0.4 is 14.8 Å². The highest BCUT2D eigenvalue weighted by Crippen LogP contribution is 2.29. The van der Waals surface area contributed by atoms with E-state index in [2.05, 4.69) is 10.1 Å². The van der Waals surface area contributed by atoms with E-state index in [1.54, 1.807) is 13.0 Å². The summed E-state index contributed by atoms with van der Waals surface area (Å²) in [5.41, 5.74) is 0.428. The van der Waals surface area contributed by atoms with Crippen molar-refractivity contribution in [2.45, 2.75) is 26.6 Å². The van der Waals surface area contributed by atoms with Crippen molar-refractivity contribution in [3.63, 3.8) is 0 Å². The number of halogens is 2. The summed E-state index contributed by atoms with van der Waals surface area (Å²) in [5, 5.41) is 13.5. The van der Waals surface area contributed by atoms with Crippen molar-refractivity contribution in [3.8, 4) is 11.5 Å². The van der Waals surface area contributed by atoms with Crippen LogP contribution in [0.15, 0.2) is 42.5 Å². The lowest BCUT2D eigenvalue weighted by Crippen LogP contribution is -2.30. The Hall–Kier alpha value is -3.23. The van der Waals surface area contributed by atoms with Crippen molar-refractivity contribution in [2.75, 3.05) is 5.32 Å². The molecule has 0 spiro atoms. The van der Waals surface area contributed by atoms with Gasteiger partial charge in [-0.3, -0.25) is 14.9 Å². The average Bonchev–Trinajstić information content (AvgIpc) is 2.57. The molecule has 0 radical (unpaired) electrons. The Labute approximate surface area is 147 Å². The van der Waals surface area contributed by atoms with E-state index in [4.69, 9.17) is 4.74 Å². The summed E-state index contributed by atoms with van der Waals surface area (Å²) in [6.07, 6.45) is -1.11. The van der Waals surface area contributed by atoms with Crippen LogP contribution in [-0.2, 0) is 4.79 Å². The number of alkyl halides is 2. The Morgan fingerprint density at radius 3 is 2.50 bits per heavy atom. The van der Waals surface area contributed by atoms with Gasteiger partial charge in [0.15, 0.2) is 11.9 Å². The first-order chi connectivity index (χ1) is 12.3. The van der Waals surface area contributed by atoms with Gasteiger partial charge in [-0.25, -0.2) is 0 Å². The Bertz CT molecular complexity index is 813. The molecule has 26 heavy (non-hydrogen) atoms. The van der Waals surface area contributed by atoms with E-state index in [9.17, 15) is 23.7 Å². The fourth-order valence-corrected chi connectivity index (χ4v) is 2.12. The zero-order valence-corrected chi connectivity index (χ0v) is 13.9. The molecule has 1 amide bonds. The number of ether oxygens (including phenoxy) is 2. The SMILES string of the molecule is Cc1ccc(O[C@H](C)C(=O)Nc2ccccc2OC(F)F)c([N+](=O)[O-])c1. The van der Waals surface area contributed by atoms with Gasteiger partial charge in [-0.1, -0.05) is 18.2 Å². The average molecular weight is 366 g/mol. The normalized spacial score (nSPS) is 11.7. The largest absolute Gasteiger partial charge is 0.474 e. The molecule has 2 aromatic carbocycles. The lowest BCUT2D eigenvalue weighted by atomic mass is 10.2. The summed E-state index contributed by atoms with van der Waals surface area (Å²) >= 11 is 0. The van der Waals surface area contributed by atoms with Gasteiger partial charge in [-0.05, 0) is 37.6 Å². The van der Waals surface area contributed by atoms with Gasteiger partial charge in [0, 0.05) is 6.07 Å². The minimum atomic E-state index is -3.04. The molecular weight excluding hydrogens is 350 g/mol. The van der Waals surface area contributed by atoms with Crippen LogP contribution in [0.2, 0.25) is 0 Å². The molecule has 138 valence electrons. The molecule has 0 bridgehead atoms. The number of carbonyl (C=O) groups excluding carboxylic acids is 1. The van der Waals surface area contributed by atoms with E-state index >= 15 is 0 Å². The maximum Gasteiger partial charge on any atom is 0.387 e. The fraction of sp³-hybridized carbons (Fsp3) is 0.235. The van der Waals surface area contributed by atoms with Crippen molar-refractivity contribution >= 4 is 17.3 Å². The number of rotatable bonds is 7. The van der Waals surface area contributed by atoms with Crippen LogP contribution in [0.25, 0.3) is 0 Å². The van der Waals surface area contributed by atoms with Crippen LogP contribution >= 0.6 is 0 Å². The molecule has 1 N–H and O–H groups in total. The molecule has 0 aliphatic rings. The van der Waals surface area contributed by atoms with E-state index in [0.29, 0.717) is 5.56 Å². The van der Waals surface area contributed by atoms with Crippen LogP contribution in [0, 0.1) is 17.0 Å². The summed E-state index contributed by atoms with van der Waals surface area (Å²) in [4.78, 5) is 22.7. The Balaban J connectivity index is 2.13. The maximum absolute atomic E-state index is 12.4. The predicted octanol–water partition coefficient (Wildman–Crippen LogP) is 3.91. The summed E-state index contributed by atoms with van der Waals surface area (Å²) in [6.45, 7) is 0.0273. The number of nitrogens with zero attached hydrogens (tertiary/aromatic N) is 1. The molecule has 0 fully saturated rings. The zero-order valence-electron chi connectivity index (χ0n) is 13.9. The number of anilines is 1. The van der Waals surface area contributed by atoms with Crippen LogP contribution in [0.3, 0.4) is 0 Å². The van der Waals surface area contributed by atoms with Crippen molar-refractivity contribution in [1.82, 2.24) is 0 Å². The van der Waals surface area contributed by atoms with Crippen molar-refractivity contribution in [1.29, 1.82) is 0 Å². The van der Waals surface area contributed by atoms with Crippen LogP contribution in [-0.4, -0.2) is 23.5 Å². The number of benzene rings is 2. The standard InChI is InChI=1S/C17H16F2N2O5/c1-10-7-8-15(13(9-10)21(23)24)25-11(2)16(22)20-12-5-3-4-6-14(12)26-17(18)19/h3-9,11,17H,1-2H3,(H,20,22)/t11-/m1/s1. The molecule has 0 unspecified atom stereocenters. The van der Waals surface area contributed by atoms with Crippen LogP contribution in [0.4, 0.5) is 20.2 Å². The second-order valence-electron chi connectivity index (χ2n) is 5.35. The molecule has 0 aliphatic carbocycles. The first kappa shape index (κ1) is 19.1. The molecule has 0 heterocycles. The van der Waals surface area contributed by atoms with Gasteiger partial charge >= 0.3 is 12.3 Å². The highest BCUT2D eigenvalue weighted by atomic mass is 19.3. The Kier molecular flexibility index (Phi) is 6.05. The van der Waals surface area contributed by atoms with Gasteiger partial charge in [0.25, 0.3) is 5.91 Å². The van der Waals surface area contributed by atoms with Gasteiger partial charge < -0.3 is 14.8 Å². The van der Waals surface area contributed by atoms with Gasteiger partial charge in [0.05, 0.1) is 10.6 Å². The number of nitro benzene ring substituents is 1. The molecule has 0 aromatic heterocycles. The third-order valence-electron chi connectivity index (χ3n) is 3.35. The summed E-state index contributed by atoms with van der Waals surface area (Å²) in [7, 11) is 0. The number of amides is 1. The number of para-hydroxylation sites is 2. The van der Waals surface area contributed by atoms with E-state index in [1.807, 2.05) is 0 Å². The Morgan fingerprint density at radius 2 is 1.85 bits per heavy atom. The number of aryl methyl sites for hydroxylation is 1. The van der Waals surface area contributed by atoms with Gasteiger partial charge in [0.2, 0.25) is 0 Å². The molecule has 7 nitrogen and oxygen atoms in total. The highest BCUT2D eigenvalue weighted by Gasteiger charge is 2.22. The van der Waals surface area contributed by atoms with E-state index in [0.717, 1.165) is 0 Å². The first-order valence-corrected chi connectivity index (χ1v) is 7.54. The second kappa shape index (κ2) is 8.24. The number of nitrogens with one attached hydrogen (secondary N) is 1. The molecule has 0 aliphatic heterocycles. The quantitative estimate of drug-likeness (QED) is 0.593. The van der Waals surface area contributed by atoms with Crippen molar-refractivity contribution in [3.05, 3.63) is 58.1 Å². The molecule has 2 rings (SSSR count). The number of hydrogen-bond acceptors (Lipinski definition) is 5. The molecule has 9 heteroatoms. The molecule has 0 saturated carbocycles. The highest BCUT2D eigenvalue weighted by molar-refractivity contribution is 5.95. The maximum atomic E-state index is 12.4. The monoisotopic (exact) mass is 366 g/mol. The fourth-order valence-electron chi connectivity index (χ4n) is 2.12. The van der Waals surface area contributed by atoms with Crippen molar-refractivity contribution in [2.24, 2.45) is 0 Å². The van der Waals surface area contributed by atoms with E-state index < -0.39 is 23.5 Å². The summed E-state index contributed by atoms with van der Waals surface area (Å²) in [5.74, 6) is -0.949.